The first-order valence-electron chi connectivity index (χ1n) is 14.1. The van der Waals surface area contributed by atoms with E-state index >= 15 is 0 Å². The van der Waals surface area contributed by atoms with Crippen LogP contribution in [0.2, 0.25) is 0 Å². The summed E-state index contributed by atoms with van der Waals surface area (Å²) < 4.78 is 0. The highest BCUT2D eigenvalue weighted by Gasteiger charge is 2.33. The lowest BCUT2D eigenvalue weighted by molar-refractivity contribution is 0.615. The molecule has 196 valence electrons. The van der Waals surface area contributed by atoms with Crippen LogP contribution in [0.3, 0.4) is 0 Å². The van der Waals surface area contributed by atoms with E-state index in [-0.39, 0.29) is 0 Å². The molecule has 0 saturated carbocycles. The Hall–Kier alpha value is -0.990. The van der Waals surface area contributed by atoms with Gasteiger partial charge in [-0.1, -0.05) is 97.8 Å². The molecule has 0 aromatic heterocycles. The first-order chi connectivity index (χ1) is 16.1. The van der Waals surface area contributed by atoms with Crippen LogP contribution in [0.5, 0.6) is 0 Å². The molecule has 0 rings (SSSR count). The zero-order chi connectivity index (χ0) is 25.5. The van der Waals surface area contributed by atoms with E-state index in [9.17, 15) is 0 Å². The van der Waals surface area contributed by atoms with Crippen LogP contribution in [-0.2, 0) is 0 Å². The minimum Gasteiger partial charge on any atom is -0.337 e. The summed E-state index contributed by atoms with van der Waals surface area (Å²) in [4.78, 5) is 0. The molecular weight excluding hydrogens is 423 g/mol. The fourth-order valence-electron chi connectivity index (χ4n) is 4.49. The Bertz CT molecular complexity index is 376. The molecular formula is C28H60N4P+. The second-order valence-corrected chi connectivity index (χ2v) is 14.0. The van der Waals surface area contributed by atoms with Crippen molar-refractivity contribution in [1.29, 1.82) is 10.5 Å². The van der Waals surface area contributed by atoms with Crippen LogP contribution in [0.15, 0.2) is 0 Å². The Morgan fingerprint density at radius 1 is 0.455 bits per heavy atom. The van der Waals surface area contributed by atoms with Gasteiger partial charge in [-0.3, -0.25) is 0 Å². The van der Waals surface area contributed by atoms with E-state index in [2.05, 4.69) is 39.2 Å². The molecule has 0 bridgehead atoms. The van der Waals surface area contributed by atoms with E-state index in [0.717, 1.165) is 0 Å². The number of hydrogen-bond acceptors (Lipinski definition) is 4. The summed E-state index contributed by atoms with van der Waals surface area (Å²) in [6, 6.07) is 0. The average molecular weight is 484 g/mol. The van der Waals surface area contributed by atoms with Crippen LogP contribution < -0.4 is 11.5 Å². The summed E-state index contributed by atoms with van der Waals surface area (Å²) in [6.45, 7) is 9.52. The zero-order valence-corrected chi connectivity index (χ0v) is 23.9. The van der Waals surface area contributed by atoms with Crippen molar-refractivity contribution < 1.29 is 0 Å². The summed E-state index contributed by atoms with van der Waals surface area (Å²) >= 11 is 0. The minimum absolute atomic E-state index is 0.644. The van der Waals surface area contributed by atoms with E-state index < -0.39 is 7.26 Å². The fraction of sp³-hybridized carbons (Fsp3) is 0.929. The highest BCUT2D eigenvalue weighted by molar-refractivity contribution is 7.75. The Labute approximate surface area is 209 Å². The minimum atomic E-state index is -0.644. The monoisotopic (exact) mass is 483 g/mol. The smallest absolute Gasteiger partial charge is 0.173 e. The van der Waals surface area contributed by atoms with Crippen molar-refractivity contribution in [3.8, 4) is 12.4 Å². The number of unbranched alkanes of at least 4 members (excludes halogenated alkanes) is 15. The van der Waals surface area contributed by atoms with Crippen molar-refractivity contribution in [1.82, 2.24) is 0 Å². The van der Waals surface area contributed by atoms with Gasteiger partial charge in [0.1, 0.15) is 0 Å². The van der Waals surface area contributed by atoms with Crippen LogP contribution in [-0.4, -0.2) is 24.6 Å². The van der Waals surface area contributed by atoms with Crippen molar-refractivity contribution in [2.45, 2.75) is 143 Å². The van der Waals surface area contributed by atoms with Crippen molar-refractivity contribution in [2.75, 3.05) is 24.6 Å². The predicted octanol–water partition coefficient (Wildman–Crippen LogP) is 8.96. The van der Waals surface area contributed by atoms with Gasteiger partial charge in [0, 0.05) is 7.26 Å². The Morgan fingerprint density at radius 3 is 0.879 bits per heavy atom. The first kappa shape index (κ1) is 36.6. The first-order valence-corrected chi connectivity index (χ1v) is 16.6. The quantitative estimate of drug-likeness (QED) is 0.0694. The molecule has 0 aromatic carbocycles. The highest BCUT2D eigenvalue weighted by Crippen LogP contribution is 2.60. The van der Waals surface area contributed by atoms with Gasteiger partial charge in [-0.05, 0) is 45.4 Å². The van der Waals surface area contributed by atoms with E-state index in [1.807, 2.05) is 0 Å². The number of hydrogen-bond donors (Lipinski definition) is 2. The molecule has 0 atom stereocenters. The molecule has 4 N–H and O–H groups in total. The van der Waals surface area contributed by atoms with Gasteiger partial charge in [0.05, 0.1) is 24.6 Å². The van der Waals surface area contributed by atoms with E-state index in [1.54, 1.807) is 18.5 Å². The highest BCUT2D eigenvalue weighted by atomic mass is 31.2. The predicted molar refractivity (Wildman–Crippen MR) is 152 cm³/mol. The SMILES string of the molecule is CCCCCCCC[P+](CC)(CCCCCCCC)CCCCCCCC.N#CN.N#CN. The molecule has 0 heterocycles. The van der Waals surface area contributed by atoms with E-state index in [4.69, 9.17) is 10.5 Å². The lowest BCUT2D eigenvalue weighted by atomic mass is 10.1. The molecule has 0 aliphatic rings. The zero-order valence-electron chi connectivity index (χ0n) is 23.1. The molecule has 0 spiro atoms. The van der Waals surface area contributed by atoms with E-state index in [1.165, 1.54) is 134 Å². The summed E-state index contributed by atoms with van der Waals surface area (Å²) in [5, 5.41) is 14.2. The average Bonchev–Trinajstić information content (AvgIpc) is 2.81. The number of nitriles is 2. The summed E-state index contributed by atoms with van der Waals surface area (Å²) in [7, 11) is -0.644. The molecule has 33 heavy (non-hydrogen) atoms. The second-order valence-electron chi connectivity index (χ2n) is 9.39. The van der Waals surface area contributed by atoms with Gasteiger partial charge < -0.3 is 11.5 Å². The third-order valence-corrected chi connectivity index (χ3v) is 11.8. The van der Waals surface area contributed by atoms with Crippen LogP contribution in [0.1, 0.15) is 143 Å². The molecule has 0 aromatic rings. The molecule has 5 heteroatoms. The lowest BCUT2D eigenvalue weighted by Gasteiger charge is -2.27. The van der Waals surface area contributed by atoms with Gasteiger partial charge in [-0.15, -0.1) is 0 Å². The molecule has 0 saturated heterocycles. The summed E-state index contributed by atoms with van der Waals surface area (Å²) in [6.07, 6.45) is 35.4. The van der Waals surface area contributed by atoms with Gasteiger partial charge in [0.2, 0.25) is 0 Å². The Balaban J connectivity index is -0.00000134. The van der Waals surface area contributed by atoms with Crippen LogP contribution in [0.25, 0.3) is 0 Å². The van der Waals surface area contributed by atoms with Crippen LogP contribution in [0, 0.1) is 22.9 Å². The molecule has 0 radical (unpaired) electrons. The fourth-order valence-corrected chi connectivity index (χ4v) is 8.80. The van der Waals surface area contributed by atoms with E-state index in [0.29, 0.717) is 0 Å². The summed E-state index contributed by atoms with van der Waals surface area (Å²) in [5.74, 6) is 0. The van der Waals surface area contributed by atoms with Crippen LogP contribution in [0.4, 0.5) is 0 Å². The normalized spacial score (nSPS) is 10.2. The van der Waals surface area contributed by atoms with Crippen LogP contribution >= 0.6 is 7.26 Å². The maximum atomic E-state index is 7.10. The number of nitrogens with two attached hydrogens (primary N) is 2. The topological polar surface area (TPSA) is 99.6 Å². The third-order valence-electron chi connectivity index (χ3n) is 6.63. The van der Waals surface area contributed by atoms with Gasteiger partial charge in [-0.25, -0.2) is 0 Å². The van der Waals surface area contributed by atoms with Gasteiger partial charge >= 0.3 is 0 Å². The third kappa shape index (κ3) is 31.0. The number of nitrogens with zero attached hydrogens (tertiary/aromatic N) is 2. The van der Waals surface area contributed by atoms with Crippen molar-refractivity contribution in [3.05, 3.63) is 0 Å². The Morgan fingerprint density at radius 2 is 0.667 bits per heavy atom. The van der Waals surface area contributed by atoms with Crippen molar-refractivity contribution in [2.24, 2.45) is 11.5 Å². The Kier molecular flexibility index (Phi) is 36.8. The van der Waals surface area contributed by atoms with Gasteiger partial charge in [0.15, 0.2) is 12.4 Å². The molecule has 0 amide bonds. The molecule has 0 aliphatic carbocycles. The summed E-state index contributed by atoms with van der Waals surface area (Å²) in [5.41, 5.74) is 8.31. The number of rotatable bonds is 22. The van der Waals surface area contributed by atoms with Crippen molar-refractivity contribution >= 4 is 7.26 Å². The second kappa shape index (κ2) is 33.2. The van der Waals surface area contributed by atoms with Crippen molar-refractivity contribution in [3.63, 3.8) is 0 Å². The maximum Gasteiger partial charge on any atom is 0.173 e. The molecule has 0 unspecified atom stereocenters. The largest absolute Gasteiger partial charge is 0.337 e. The molecule has 0 aliphatic heterocycles. The van der Waals surface area contributed by atoms with Gasteiger partial charge in [-0.2, -0.15) is 10.5 Å². The maximum absolute atomic E-state index is 7.10. The lowest BCUT2D eigenvalue weighted by Crippen LogP contribution is -2.11. The molecule has 4 nitrogen and oxygen atoms in total. The van der Waals surface area contributed by atoms with Gasteiger partial charge in [0.25, 0.3) is 0 Å². The molecule has 0 fully saturated rings. The standard InChI is InChI=1S/C26H56P.2CH2N2/c1-5-9-12-15-18-21-24-27(8-4,25-22-19-16-13-10-6-2)26-23-20-17-14-11-7-3;2*2-1-3/h5-26H2,1-4H3;2*2H2/q+1;;.